The SMILES string of the molecule is CCCC[C@H]([C@H](O)C(=O)OCC)P(=O)(OCC)OCC. The van der Waals surface area contributed by atoms with Crippen LogP contribution in [0.5, 0.6) is 0 Å². The van der Waals surface area contributed by atoms with E-state index in [1.54, 1.807) is 20.8 Å². The zero-order valence-electron chi connectivity index (χ0n) is 12.8. The van der Waals surface area contributed by atoms with Crippen LogP contribution in [0.25, 0.3) is 0 Å². The highest BCUT2D eigenvalue weighted by molar-refractivity contribution is 7.54. The number of ether oxygens (including phenoxy) is 1. The molecular formula is C13H27O6P. The zero-order chi connectivity index (χ0) is 15.6. The van der Waals surface area contributed by atoms with Crippen molar-refractivity contribution in [3.8, 4) is 0 Å². The Bertz CT molecular complexity index is 310. The summed E-state index contributed by atoms with van der Waals surface area (Å²) in [5.41, 5.74) is -0.888. The minimum absolute atomic E-state index is 0.157. The lowest BCUT2D eigenvalue weighted by Gasteiger charge is -2.28. The number of carbonyl (C=O) groups excluding carboxylic acids is 1. The fourth-order valence-electron chi connectivity index (χ4n) is 1.88. The molecule has 0 aliphatic carbocycles. The molecule has 0 saturated heterocycles. The first-order valence-electron chi connectivity index (χ1n) is 7.20. The first-order chi connectivity index (χ1) is 9.46. The molecule has 0 bridgehead atoms. The molecule has 0 aliphatic heterocycles. The normalized spacial score (nSPS) is 14.8. The van der Waals surface area contributed by atoms with Gasteiger partial charge in [0.05, 0.1) is 25.5 Å². The number of rotatable bonds is 11. The van der Waals surface area contributed by atoms with Gasteiger partial charge < -0.3 is 18.9 Å². The van der Waals surface area contributed by atoms with Gasteiger partial charge in [0.15, 0.2) is 6.10 Å². The van der Waals surface area contributed by atoms with Crippen molar-refractivity contribution in [3.63, 3.8) is 0 Å². The van der Waals surface area contributed by atoms with Crippen LogP contribution in [0.4, 0.5) is 0 Å². The van der Waals surface area contributed by atoms with Crippen molar-refractivity contribution < 1.29 is 28.3 Å². The largest absolute Gasteiger partial charge is 0.464 e. The predicted octanol–water partition coefficient (Wildman–Crippen LogP) is 2.74. The van der Waals surface area contributed by atoms with Gasteiger partial charge in [-0.3, -0.25) is 4.57 Å². The number of aliphatic hydroxyl groups excluding tert-OH is 1. The Labute approximate surface area is 121 Å². The van der Waals surface area contributed by atoms with Crippen LogP contribution in [0.15, 0.2) is 0 Å². The van der Waals surface area contributed by atoms with Crippen molar-refractivity contribution in [2.24, 2.45) is 0 Å². The molecule has 20 heavy (non-hydrogen) atoms. The molecule has 6 nitrogen and oxygen atoms in total. The third-order valence-electron chi connectivity index (χ3n) is 2.77. The number of carbonyl (C=O) groups is 1. The van der Waals surface area contributed by atoms with E-state index in [0.717, 1.165) is 6.42 Å². The number of hydrogen-bond acceptors (Lipinski definition) is 6. The maximum atomic E-state index is 12.8. The van der Waals surface area contributed by atoms with Crippen molar-refractivity contribution in [2.45, 2.75) is 58.7 Å². The average Bonchev–Trinajstić information content (AvgIpc) is 2.39. The summed E-state index contributed by atoms with van der Waals surface area (Å²) in [6.07, 6.45) is 0.453. The lowest BCUT2D eigenvalue weighted by molar-refractivity contribution is -0.153. The van der Waals surface area contributed by atoms with Gasteiger partial charge in [0.25, 0.3) is 0 Å². The molecule has 7 heteroatoms. The van der Waals surface area contributed by atoms with Crippen molar-refractivity contribution >= 4 is 13.6 Å². The summed E-state index contributed by atoms with van der Waals surface area (Å²) in [7, 11) is -3.54. The molecule has 0 heterocycles. The van der Waals surface area contributed by atoms with Crippen LogP contribution >= 0.6 is 7.60 Å². The van der Waals surface area contributed by atoms with Crippen molar-refractivity contribution in [3.05, 3.63) is 0 Å². The molecule has 0 aromatic heterocycles. The lowest BCUT2D eigenvalue weighted by Crippen LogP contribution is -2.36. The van der Waals surface area contributed by atoms with E-state index in [9.17, 15) is 14.5 Å². The van der Waals surface area contributed by atoms with Crippen LogP contribution in [0, 0.1) is 0 Å². The maximum Gasteiger partial charge on any atom is 0.336 e. The molecule has 0 saturated carbocycles. The van der Waals surface area contributed by atoms with E-state index >= 15 is 0 Å². The van der Waals surface area contributed by atoms with Crippen molar-refractivity contribution in [1.82, 2.24) is 0 Å². The smallest absolute Gasteiger partial charge is 0.336 e. The molecule has 0 rings (SSSR count). The predicted molar refractivity (Wildman–Crippen MR) is 76.8 cm³/mol. The molecule has 0 aliphatic rings. The van der Waals surface area contributed by atoms with Crippen molar-refractivity contribution in [2.75, 3.05) is 19.8 Å². The Hall–Kier alpha value is -0.420. The van der Waals surface area contributed by atoms with Gasteiger partial charge >= 0.3 is 13.6 Å². The number of hydrogen-bond donors (Lipinski definition) is 1. The van der Waals surface area contributed by atoms with Crippen molar-refractivity contribution in [1.29, 1.82) is 0 Å². The molecule has 1 N–H and O–H groups in total. The molecule has 0 fully saturated rings. The third-order valence-corrected chi connectivity index (χ3v) is 5.36. The van der Waals surface area contributed by atoms with Crippen LogP contribution in [0.3, 0.4) is 0 Å². The first kappa shape index (κ1) is 19.6. The number of esters is 1. The van der Waals surface area contributed by atoms with Gasteiger partial charge in [-0.2, -0.15) is 0 Å². The van der Waals surface area contributed by atoms with Crippen LogP contribution in [0.2, 0.25) is 0 Å². The zero-order valence-corrected chi connectivity index (χ0v) is 13.7. The highest BCUT2D eigenvalue weighted by atomic mass is 31.2. The molecular weight excluding hydrogens is 283 g/mol. The summed E-state index contributed by atoms with van der Waals surface area (Å²) >= 11 is 0. The standard InChI is InChI=1S/C13H27O6P/c1-5-9-10-11(12(14)13(15)17-6-2)20(16,18-7-3)19-8-4/h11-12,14H,5-10H2,1-4H3/t11-,12+/m1/s1. The fraction of sp³-hybridized carbons (Fsp3) is 0.923. The summed E-state index contributed by atoms with van der Waals surface area (Å²) in [4.78, 5) is 11.7. The molecule has 0 aromatic rings. The summed E-state index contributed by atoms with van der Waals surface area (Å²) in [5.74, 6) is -0.784. The third kappa shape index (κ3) is 5.92. The van der Waals surface area contributed by atoms with Gasteiger partial charge in [-0.05, 0) is 27.2 Å². The summed E-state index contributed by atoms with van der Waals surface area (Å²) in [6.45, 7) is 7.55. The minimum atomic E-state index is -3.54. The molecule has 2 atom stereocenters. The first-order valence-corrected chi connectivity index (χ1v) is 8.81. The van der Waals surface area contributed by atoms with Crippen LogP contribution in [-0.4, -0.2) is 42.7 Å². The second-order valence-corrected chi connectivity index (χ2v) is 6.54. The monoisotopic (exact) mass is 310 g/mol. The molecule has 120 valence electrons. The van der Waals surface area contributed by atoms with Gasteiger partial charge in [-0.15, -0.1) is 0 Å². The summed E-state index contributed by atoms with van der Waals surface area (Å²) in [5, 5.41) is 10.1. The lowest BCUT2D eigenvalue weighted by atomic mass is 10.1. The molecule has 0 amide bonds. The summed E-state index contributed by atoms with van der Waals surface area (Å²) in [6, 6.07) is 0. The van der Waals surface area contributed by atoms with Crippen LogP contribution in [-0.2, 0) is 23.1 Å². The van der Waals surface area contributed by atoms with Gasteiger partial charge in [0.1, 0.15) is 0 Å². The van der Waals surface area contributed by atoms with Gasteiger partial charge in [0.2, 0.25) is 0 Å². The Morgan fingerprint density at radius 2 is 1.65 bits per heavy atom. The maximum absolute atomic E-state index is 12.8. The van der Waals surface area contributed by atoms with E-state index < -0.39 is 25.3 Å². The van der Waals surface area contributed by atoms with Gasteiger partial charge in [-0.1, -0.05) is 19.8 Å². The Kier molecular flexibility index (Phi) is 10.1. The van der Waals surface area contributed by atoms with E-state index in [2.05, 4.69) is 0 Å². The quantitative estimate of drug-likeness (QED) is 0.467. The fourth-order valence-corrected chi connectivity index (χ4v) is 4.02. The Morgan fingerprint density at radius 3 is 2.05 bits per heavy atom. The average molecular weight is 310 g/mol. The van der Waals surface area contributed by atoms with E-state index in [1.807, 2.05) is 6.92 Å². The Morgan fingerprint density at radius 1 is 1.10 bits per heavy atom. The molecule has 0 spiro atoms. The molecule has 0 radical (unpaired) electrons. The van der Waals surface area contributed by atoms with E-state index in [0.29, 0.717) is 12.8 Å². The second kappa shape index (κ2) is 10.3. The number of unbranched alkanes of at least 4 members (excludes halogenated alkanes) is 1. The minimum Gasteiger partial charge on any atom is -0.464 e. The highest BCUT2D eigenvalue weighted by Crippen LogP contribution is 2.55. The number of aliphatic hydroxyl groups is 1. The summed E-state index contributed by atoms with van der Waals surface area (Å²) < 4.78 is 28.0. The van der Waals surface area contributed by atoms with E-state index in [-0.39, 0.29) is 19.8 Å². The Balaban J connectivity index is 5.16. The van der Waals surface area contributed by atoms with E-state index in [1.165, 1.54) is 0 Å². The van der Waals surface area contributed by atoms with Gasteiger partial charge in [-0.25, -0.2) is 4.79 Å². The topological polar surface area (TPSA) is 82.1 Å². The second-order valence-electron chi connectivity index (χ2n) is 4.28. The van der Waals surface area contributed by atoms with Gasteiger partial charge in [0, 0.05) is 0 Å². The van der Waals surface area contributed by atoms with Crippen LogP contribution in [0.1, 0.15) is 47.0 Å². The van der Waals surface area contributed by atoms with E-state index in [4.69, 9.17) is 13.8 Å². The molecule has 0 unspecified atom stereocenters. The molecule has 0 aromatic carbocycles. The van der Waals surface area contributed by atoms with Crippen LogP contribution < -0.4 is 0 Å². The highest BCUT2D eigenvalue weighted by Gasteiger charge is 2.43.